The molecule has 94 valence electrons. The van der Waals surface area contributed by atoms with E-state index < -0.39 is 0 Å². The molecule has 2 rings (SSSR count). The zero-order chi connectivity index (χ0) is 13.1. The van der Waals surface area contributed by atoms with E-state index >= 15 is 0 Å². The molecule has 1 aliphatic heterocycles. The average Bonchev–Trinajstić information content (AvgIpc) is 2.29. The molecule has 1 amide bonds. The molecule has 0 radical (unpaired) electrons. The minimum absolute atomic E-state index is 0.00334. The number of carbonyl (C=O) groups is 1. The second-order valence-corrected chi connectivity index (χ2v) is 4.84. The maximum atomic E-state index is 12.1. The quantitative estimate of drug-likeness (QED) is 0.848. The molecule has 0 aromatic heterocycles. The summed E-state index contributed by atoms with van der Waals surface area (Å²) >= 11 is 0. The van der Waals surface area contributed by atoms with E-state index in [1.54, 1.807) is 12.1 Å². The van der Waals surface area contributed by atoms with E-state index in [2.05, 4.69) is 16.7 Å². The standard InChI is InChI=1S/C14H17N3O/c1-9-3-4-11(6-15)5-13(9)17-14(18)10(2)12-7-16-8-12/h3-5,10,12,16H,7-8H2,1-2H3,(H,17,18). The first-order valence-corrected chi connectivity index (χ1v) is 6.14. The van der Waals surface area contributed by atoms with Crippen molar-refractivity contribution >= 4 is 11.6 Å². The number of aryl methyl sites for hydroxylation is 1. The number of rotatable bonds is 3. The molecule has 0 spiro atoms. The molecule has 1 atom stereocenters. The second-order valence-electron chi connectivity index (χ2n) is 4.84. The van der Waals surface area contributed by atoms with Gasteiger partial charge in [0.1, 0.15) is 0 Å². The Hall–Kier alpha value is -1.86. The Morgan fingerprint density at radius 2 is 2.28 bits per heavy atom. The lowest BCUT2D eigenvalue weighted by Gasteiger charge is -2.31. The van der Waals surface area contributed by atoms with Crippen molar-refractivity contribution < 1.29 is 4.79 Å². The number of hydrogen-bond donors (Lipinski definition) is 2. The Balaban J connectivity index is 2.08. The minimum Gasteiger partial charge on any atom is -0.326 e. The third-order valence-electron chi connectivity index (χ3n) is 3.56. The van der Waals surface area contributed by atoms with Crippen LogP contribution in [0.25, 0.3) is 0 Å². The molecular weight excluding hydrogens is 226 g/mol. The Morgan fingerprint density at radius 1 is 1.56 bits per heavy atom. The Bertz CT molecular complexity index is 500. The molecule has 4 nitrogen and oxygen atoms in total. The first kappa shape index (κ1) is 12.6. The van der Waals surface area contributed by atoms with Crippen molar-refractivity contribution in [1.82, 2.24) is 5.32 Å². The topological polar surface area (TPSA) is 64.9 Å². The highest BCUT2D eigenvalue weighted by atomic mass is 16.1. The van der Waals surface area contributed by atoms with Crippen molar-refractivity contribution in [3.63, 3.8) is 0 Å². The zero-order valence-corrected chi connectivity index (χ0v) is 10.7. The van der Waals surface area contributed by atoms with Crippen LogP contribution in [0.2, 0.25) is 0 Å². The van der Waals surface area contributed by atoms with Gasteiger partial charge in [0.2, 0.25) is 5.91 Å². The predicted molar refractivity (Wildman–Crippen MR) is 70.0 cm³/mol. The van der Waals surface area contributed by atoms with Gasteiger partial charge in [-0.25, -0.2) is 0 Å². The van der Waals surface area contributed by atoms with Gasteiger partial charge in [0.05, 0.1) is 11.6 Å². The van der Waals surface area contributed by atoms with Gasteiger partial charge in [-0.2, -0.15) is 5.26 Å². The van der Waals surface area contributed by atoms with Gasteiger partial charge in [0.15, 0.2) is 0 Å². The lowest BCUT2D eigenvalue weighted by atomic mass is 9.88. The van der Waals surface area contributed by atoms with Gasteiger partial charge in [-0.15, -0.1) is 0 Å². The average molecular weight is 243 g/mol. The number of hydrogen-bond acceptors (Lipinski definition) is 3. The highest BCUT2D eigenvalue weighted by molar-refractivity contribution is 5.93. The number of benzene rings is 1. The molecule has 1 fully saturated rings. The van der Waals surface area contributed by atoms with Crippen molar-refractivity contribution in [2.24, 2.45) is 11.8 Å². The number of nitrogens with zero attached hydrogens (tertiary/aromatic N) is 1. The van der Waals surface area contributed by atoms with Gasteiger partial charge in [0.25, 0.3) is 0 Å². The molecule has 1 heterocycles. The maximum Gasteiger partial charge on any atom is 0.227 e. The molecule has 1 unspecified atom stereocenters. The Kier molecular flexibility index (Phi) is 3.63. The van der Waals surface area contributed by atoms with Crippen molar-refractivity contribution in [2.45, 2.75) is 13.8 Å². The highest BCUT2D eigenvalue weighted by Crippen LogP contribution is 2.21. The summed E-state index contributed by atoms with van der Waals surface area (Å²) in [5.41, 5.74) is 2.27. The fraction of sp³-hybridized carbons (Fsp3) is 0.429. The van der Waals surface area contributed by atoms with Gasteiger partial charge in [-0.1, -0.05) is 13.0 Å². The summed E-state index contributed by atoms with van der Waals surface area (Å²) in [6, 6.07) is 7.41. The molecule has 4 heteroatoms. The van der Waals surface area contributed by atoms with Crippen LogP contribution in [-0.4, -0.2) is 19.0 Å². The van der Waals surface area contributed by atoms with Crippen LogP contribution in [-0.2, 0) is 4.79 Å². The van der Waals surface area contributed by atoms with Crippen LogP contribution in [0.1, 0.15) is 18.1 Å². The van der Waals surface area contributed by atoms with Crippen LogP contribution in [0.4, 0.5) is 5.69 Å². The van der Waals surface area contributed by atoms with Crippen molar-refractivity contribution in [3.8, 4) is 6.07 Å². The Morgan fingerprint density at radius 3 is 2.83 bits per heavy atom. The molecule has 1 aliphatic rings. The monoisotopic (exact) mass is 243 g/mol. The van der Waals surface area contributed by atoms with Gasteiger partial charge in [-0.3, -0.25) is 4.79 Å². The smallest absolute Gasteiger partial charge is 0.227 e. The molecular formula is C14H17N3O. The SMILES string of the molecule is Cc1ccc(C#N)cc1NC(=O)C(C)C1CNC1. The van der Waals surface area contributed by atoms with Crippen LogP contribution in [0, 0.1) is 30.1 Å². The van der Waals surface area contributed by atoms with E-state index in [-0.39, 0.29) is 11.8 Å². The zero-order valence-electron chi connectivity index (χ0n) is 10.7. The Labute approximate surface area is 107 Å². The summed E-state index contributed by atoms with van der Waals surface area (Å²) in [4.78, 5) is 12.1. The number of nitriles is 1. The third kappa shape index (κ3) is 2.52. The molecule has 0 saturated carbocycles. The second kappa shape index (κ2) is 5.19. The lowest BCUT2D eigenvalue weighted by Crippen LogP contribution is -2.48. The van der Waals surface area contributed by atoms with Crippen LogP contribution < -0.4 is 10.6 Å². The summed E-state index contributed by atoms with van der Waals surface area (Å²) < 4.78 is 0. The van der Waals surface area contributed by atoms with Crippen LogP contribution in [0.15, 0.2) is 18.2 Å². The van der Waals surface area contributed by atoms with Gasteiger partial charge >= 0.3 is 0 Å². The fourth-order valence-electron chi connectivity index (χ4n) is 1.95. The van der Waals surface area contributed by atoms with E-state index in [1.165, 1.54) is 0 Å². The molecule has 2 N–H and O–H groups in total. The normalized spacial score (nSPS) is 16.5. The van der Waals surface area contributed by atoms with Crippen LogP contribution in [0.5, 0.6) is 0 Å². The van der Waals surface area contributed by atoms with Gasteiger partial charge in [0, 0.05) is 11.6 Å². The maximum absolute atomic E-state index is 12.1. The summed E-state index contributed by atoms with van der Waals surface area (Å²) in [6.45, 7) is 5.69. The van der Waals surface area contributed by atoms with E-state index in [1.807, 2.05) is 19.9 Å². The molecule has 18 heavy (non-hydrogen) atoms. The summed E-state index contributed by atoms with van der Waals surface area (Å²) in [5, 5.41) is 14.9. The molecule has 1 aromatic rings. The van der Waals surface area contributed by atoms with Gasteiger partial charge in [-0.05, 0) is 43.6 Å². The first-order valence-electron chi connectivity index (χ1n) is 6.14. The van der Waals surface area contributed by atoms with Crippen molar-refractivity contribution in [1.29, 1.82) is 5.26 Å². The van der Waals surface area contributed by atoms with Gasteiger partial charge < -0.3 is 10.6 Å². The van der Waals surface area contributed by atoms with E-state index in [0.717, 1.165) is 24.3 Å². The number of carbonyl (C=O) groups excluding carboxylic acids is 1. The molecule has 1 saturated heterocycles. The number of amides is 1. The van der Waals surface area contributed by atoms with E-state index in [9.17, 15) is 4.79 Å². The lowest BCUT2D eigenvalue weighted by molar-refractivity contribution is -0.121. The first-order chi connectivity index (χ1) is 8.61. The minimum atomic E-state index is -0.00334. The van der Waals surface area contributed by atoms with Crippen molar-refractivity contribution in [2.75, 3.05) is 18.4 Å². The summed E-state index contributed by atoms with van der Waals surface area (Å²) in [6.07, 6.45) is 0. The molecule has 1 aromatic carbocycles. The van der Waals surface area contributed by atoms with Crippen LogP contribution >= 0.6 is 0 Å². The predicted octanol–water partition coefficient (Wildman–Crippen LogP) is 1.66. The van der Waals surface area contributed by atoms with Crippen LogP contribution in [0.3, 0.4) is 0 Å². The summed E-state index contributed by atoms with van der Waals surface area (Å²) in [7, 11) is 0. The fourth-order valence-corrected chi connectivity index (χ4v) is 1.95. The van der Waals surface area contributed by atoms with E-state index in [4.69, 9.17) is 5.26 Å². The number of anilines is 1. The van der Waals surface area contributed by atoms with Crippen molar-refractivity contribution in [3.05, 3.63) is 29.3 Å². The number of nitrogens with one attached hydrogen (secondary N) is 2. The van der Waals surface area contributed by atoms with E-state index in [0.29, 0.717) is 11.5 Å². The molecule has 0 aliphatic carbocycles. The molecule has 0 bridgehead atoms. The highest BCUT2D eigenvalue weighted by Gasteiger charge is 2.28. The third-order valence-corrected chi connectivity index (χ3v) is 3.56. The largest absolute Gasteiger partial charge is 0.326 e. The summed E-state index contributed by atoms with van der Waals surface area (Å²) in [5.74, 6) is 0.445.